The van der Waals surface area contributed by atoms with Crippen molar-refractivity contribution in [2.24, 2.45) is 5.92 Å². The Morgan fingerprint density at radius 1 is 1.03 bits per heavy atom. The van der Waals surface area contributed by atoms with Crippen LogP contribution in [0.25, 0.3) is 0 Å². The summed E-state index contributed by atoms with van der Waals surface area (Å²) in [5, 5.41) is 9.49. The Hall–Kier alpha value is -2.02. The molecule has 1 heterocycles. The second-order valence-electron chi connectivity index (χ2n) is 9.42. The van der Waals surface area contributed by atoms with E-state index in [1.54, 1.807) is 18.0 Å². The molecule has 1 saturated heterocycles. The highest BCUT2D eigenvalue weighted by atomic mass is 28.4. The Balaban J connectivity index is 1.69. The lowest BCUT2D eigenvalue weighted by atomic mass is 9.95. The molecule has 2 aromatic rings. The minimum atomic E-state index is -3.04. The van der Waals surface area contributed by atoms with Gasteiger partial charge < -0.3 is 18.9 Å². The van der Waals surface area contributed by atoms with Crippen LogP contribution in [0.2, 0.25) is 18.6 Å². The van der Waals surface area contributed by atoms with Gasteiger partial charge in [0, 0.05) is 18.6 Å². The van der Waals surface area contributed by atoms with Crippen LogP contribution < -0.4 is 0 Å². The zero-order valence-corrected chi connectivity index (χ0v) is 20.4. The van der Waals surface area contributed by atoms with Crippen LogP contribution in [-0.4, -0.2) is 49.7 Å². The van der Waals surface area contributed by atoms with Crippen LogP contribution >= 0.6 is 0 Å². The summed E-state index contributed by atoms with van der Waals surface area (Å²) in [6.07, 6.45) is 1.38. The van der Waals surface area contributed by atoms with Crippen molar-refractivity contribution in [2.45, 2.75) is 63.6 Å². The molecule has 0 aliphatic carbocycles. The number of halogens is 1. The first-order valence-electron chi connectivity index (χ1n) is 11.6. The molecular weight excluding hydrogens is 421 g/mol. The van der Waals surface area contributed by atoms with E-state index in [-0.39, 0.29) is 43.0 Å². The van der Waals surface area contributed by atoms with Gasteiger partial charge >= 0.3 is 0 Å². The molecule has 1 fully saturated rings. The summed E-state index contributed by atoms with van der Waals surface area (Å²) in [6.45, 7) is 6.12. The molecule has 4 atom stereocenters. The highest BCUT2D eigenvalue weighted by Crippen LogP contribution is 2.47. The molecule has 0 unspecified atom stereocenters. The molecule has 3 rings (SSSR count). The molecule has 1 N–H and O–H groups in total. The van der Waals surface area contributed by atoms with Crippen molar-refractivity contribution in [3.05, 3.63) is 71.8 Å². The maximum absolute atomic E-state index is 15.4. The monoisotopic (exact) mass is 457 g/mol. The molecule has 6 heteroatoms. The molecule has 1 aliphatic rings. The number of amides is 1. The second-order valence-corrected chi connectivity index (χ2v) is 13.2. The lowest BCUT2D eigenvalue weighted by Gasteiger charge is -2.30. The summed E-state index contributed by atoms with van der Waals surface area (Å²) < 4.78 is 21.7. The van der Waals surface area contributed by atoms with E-state index in [2.05, 4.69) is 19.1 Å². The molecule has 1 aliphatic heterocycles. The number of aliphatic hydroxyl groups excluding tert-OH is 1. The van der Waals surface area contributed by atoms with Crippen LogP contribution in [0.15, 0.2) is 60.7 Å². The lowest BCUT2D eigenvalue weighted by Crippen LogP contribution is -2.40. The highest BCUT2D eigenvalue weighted by Gasteiger charge is 2.51. The first-order chi connectivity index (χ1) is 15.3. The molecule has 0 bridgehead atoms. The molecule has 0 spiro atoms. The fourth-order valence-electron chi connectivity index (χ4n) is 5.05. The number of hydrogen-bond acceptors (Lipinski definition) is 3. The van der Waals surface area contributed by atoms with Crippen LogP contribution in [0, 0.1) is 5.92 Å². The van der Waals surface area contributed by atoms with E-state index in [0.29, 0.717) is 6.54 Å². The van der Waals surface area contributed by atoms with Gasteiger partial charge in [-0.1, -0.05) is 67.6 Å². The third-order valence-corrected chi connectivity index (χ3v) is 9.05. The number of carbonyl (C=O) groups is 1. The van der Waals surface area contributed by atoms with Crippen molar-refractivity contribution in [1.29, 1.82) is 0 Å². The van der Waals surface area contributed by atoms with Gasteiger partial charge in [0.25, 0.3) is 0 Å². The molecule has 174 valence electrons. The fourth-order valence-corrected chi connectivity index (χ4v) is 7.59. The first-order valence-corrected chi connectivity index (χ1v) is 14.6. The Morgan fingerprint density at radius 2 is 1.62 bits per heavy atom. The second kappa shape index (κ2) is 11.2. The lowest BCUT2D eigenvalue weighted by molar-refractivity contribution is -0.135. The van der Waals surface area contributed by atoms with E-state index < -0.39 is 14.5 Å². The van der Waals surface area contributed by atoms with Gasteiger partial charge in [-0.2, -0.15) is 0 Å². The smallest absolute Gasteiger partial charge is 0.246 e. The van der Waals surface area contributed by atoms with Crippen LogP contribution in [0.1, 0.15) is 30.9 Å². The van der Waals surface area contributed by atoms with Gasteiger partial charge in [-0.25, -0.2) is 0 Å². The van der Waals surface area contributed by atoms with Crippen molar-refractivity contribution >= 4 is 14.3 Å². The van der Waals surface area contributed by atoms with Crippen molar-refractivity contribution < 1.29 is 18.7 Å². The van der Waals surface area contributed by atoms with Crippen LogP contribution in [-0.2, 0) is 22.5 Å². The average molecular weight is 458 g/mol. The predicted octanol–water partition coefficient (Wildman–Crippen LogP) is 4.98. The number of ether oxygens (including phenoxy) is 1. The van der Waals surface area contributed by atoms with Gasteiger partial charge in [0.05, 0.1) is 25.2 Å². The van der Waals surface area contributed by atoms with Crippen LogP contribution in [0.5, 0.6) is 0 Å². The predicted molar refractivity (Wildman–Crippen MR) is 128 cm³/mol. The number of carbonyl (C=O) groups excluding carboxylic acids is 1. The van der Waals surface area contributed by atoms with Crippen LogP contribution in [0.4, 0.5) is 4.11 Å². The number of hydrogen-bond donors (Lipinski definition) is 1. The minimum absolute atomic E-state index is 0.0547. The Labute approximate surface area is 192 Å². The number of nitrogens with zero attached hydrogens (tertiary/aromatic N) is 1. The summed E-state index contributed by atoms with van der Waals surface area (Å²) in [5.74, 6) is -0.0179. The first kappa shape index (κ1) is 24.6. The molecule has 0 aromatic heterocycles. The van der Waals surface area contributed by atoms with Crippen molar-refractivity contribution in [3.8, 4) is 0 Å². The Bertz CT molecular complexity index is 843. The van der Waals surface area contributed by atoms with Gasteiger partial charge in [-0.15, -0.1) is 0 Å². The van der Waals surface area contributed by atoms with Gasteiger partial charge in [0.2, 0.25) is 14.3 Å². The van der Waals surface area contributed by atoms with Crippen LogP contribution in [0.3, 0.4) is 0 Å². The molecule has 0 radical (unpaired) electrons. The van der Waals surface area contributed by atoms with E-state index in [1.807, 2.05) is 48.5 Å². The third kappa shape index (κ3) is 6.50. The normalized spacial score (nSPS) is 23.3. The third-order valence-electron chi connectivity index (χ3n) is 6.57. The topological polar surface area (TPSA) is 49.8 Å². The van der Waals surface area contributed by atoms with Gasteiger partial charge in [0.15, 0.2) is 0 Å². The molecule has 2 aromatic carbocycles. The SMILES string of the molecule is C[C@H]1[C@H]([Si](C)(C)F)[C@@H](CC(=O)N(CCO)Cc2ccccc2)O[C@H]1CCc1ccccc1. The van der Waals surface area contributed by atoms with Crippen molar-refractivity contribution in [1.82, 2.24) is 4.90 Å². The maximum atomic E-state index is 15.4. The highest BCUT2D eigenvalue weighted by molar-refractivity contribution is 6.72. The summed E-state index contributed by atoms with van der Waals surface area (Å²) in [6, 6.07) is 20.0. The van der Waals surface area contributed by atoms with E-state index in [4.69, 9.17) is 4.74 Å². The minimum Gasteiger partial charge on any atom is -0.395 e. The summed E-state index contributed by atoms with van der Waals surface area (Å²) >= 11 is 0. The van der Waals surface area contributed by atoms with Gasteiger partial charge in [-0.3, -0.25) is 4.79 Å². The zero-order chi connectivity index (χ0) is 23.1. The largest absolute Gasteiger partial charge is 0.395 e. The number of aliphatic hydroxyl groups is 1. The van der Waals surface area contributed by atoms with E-state index in [1.165, 1.54) is 5.56 Å². The summed E-state index contributed by atoms with van der Waals surface area (Å²) in [5.41, 5.74) is 2.03. The standard InChI is InChI=1S/C26H36FNO3Si/c1-20-23(15-14-21-10-6-4-7-11-21)31-24(26(20)32(2,3)27)18-25(30)28(16-17-29)19-22-12-8-5-9-13-22/h4-13,20,23-24,26,29H,14-19H2,1-3H3/t20-,23+,24-,26+/m1/s1. The average Bonchev–Trinajstić information content (AvgIpc) is 3.08. The zero-order valence-electron chi connectivity index (χ0n) is 19.4. The molecule has 4 nitrogen and oxygen atoms in total. The van der Waals surface area contributed by atoms with Crippen molar-refractivity contribution in [2.75, 3.05) is 13.2 Å². The summed E-state index contributed by atoms with van der Waals surface area (Å²) in [7, 11) is -3.04. The molecular formula is C26H36FNO3Si. The van der Waals surface area contributed by atoms with Crippen molar-refractivity contribution in [3.63, 3.8) is 0 Å². The van der Waals surface area contributed by atoms with E-state index >= 15 is 4.11 Å². The molecule has 0 saturated carbocycles. The quantitative estimate of drug-likeness (QED) is 0.404. The number of benzene rings is 2. The maximum Gasteiger partial charge on any atom is 0.246 e. The van der Waals surface area contributed by atoms with Gasteiger partial charge in [0.1, 0.15) is 0 Å². The fraction of sp³-hybridized carbons (Fsp3) is 0.500. The Morgan fingerprint density at radius 3 is 2.19 bits per heavy atom. The van der Waals surface area contributed by atoms with Gasteiger partial charge in [-0.05, 0) is 43.0 Å². The van der Waals surface area contributed by atoms with E-state index in [9.17, 15) is 9.90 Å². The molecule has 1 amide bonds. The Kier molecular flexibility index (Phi) is 8.62. The summed E-state index contributed by atoms with van der Waals surface area (Å²) in [4.78, 5) is 14.8. The van der Waals surface area contributed by atoms with E-state index in [0.717, 1.165) is 18.4 Å². The number of rotatable bonds is 10. The number of aryl methyl sites for hydroxylation is 1. The molecule has 32 heavy (non-hydrogen) atoms.